The molecule has 2 rings (SSSR count). The normalized spacial score (nSPS) is 10.3. The Morgan fingerprint density at radius 1 is 1.56 bits per heavy atom. The minimum atomic E-state index is -0.145. The van der Waals surface area contributed by atoms with Crippen LogP contribution in [0.2, 0.25) is 0 Å². The molecule has 0 spiro atoms. The van der Waals surface area contributed by atoms with Crippen LogP contribution in [0.3, 0.4) is 0 Å². The number of anilines is 2. The van der Waals surface area contributed by atoms with Crippen molar-refractivity contribution in [3.63, 3.8) is 0 Å². The fourth-order valence-corrected chi connectivity index (χ4v) is 1.98. The fourth-order valence-electron chi connectivity index (χ4n) is 1.39. The van der Waals surface area contributed by atoms with Gasteiger partial charge in [-0.1, -0.05) is 17.8 Å². The first-order chi connectivity index (χ1) is 8.65. The molecule has 0 aliphatic heterocycles. The number of hydrogen-bond acceptors (Lipinski definition) is 5. The zero-order valence-electron chi connectivity index (χ0n) is 9.84. The predicted octanol–water partition coefficient (Wildman–Crippen LogP) is 2.30. The van der Waals surface area contributed by atoms with Gasteiger partial charge in [-0.3, -0.25) is 4.79 Å². The number of nitrogens with zero attached hydrogens (tertiary/aromatic N) is 1. The third-order valence-corrected chi connectivity index (χ3v) is 3.07. The van der Waals surface area contributed by atoms with Gasteiger partial charge >= 0.3 is 0 Å². The van der Waals surface area contributed by atoms with E-state index in [1.807, 2.05) is 19.1 Å². The molecule has 18 heavy (non-hydrogen) atoms. The molecule has 3 N–H and O–H groups in total. The summed E-state index contributed by atoms with van der Waals surface area (Å²) in [6.45, 7) is 1.94. The number of oxazole rings is 1. The number of nitrogens with one attached hydrogen (secondary N) is 1. The van der Waals surface area contributed by atoms with Crippen LogP contribution in [0.25, 0.3) is 0 Å². The Morgan fingerprint density at radius 3 is 3.06 bits per heavy atom. The van der Waals surface area contributed by atoms with Crippen LogP contribution < -0.4 is 11.1 Å². The van der Waals surface area contributed by atoms with Crippen LogP contribution in [0.15, 0.2) is 40.3 Å². The lowest BCUT2D eigenvalue weighted by molar-refractivity contribution is -0.113. The van der Waals surface area contributed by atoms with Crippen molar-refractivity contribution in [2.75, 3.05) is 16.8 Å². The lowest BCUT2D eigenvalue weighted by Crippen LogP contribution is -2.15. The predicted molar refractivity (Wildman–Crippen MR) is 71.4 cm³/mol. The number of benzene rings is 1. The molecule has 0 radical (unpaired) electrons. The van der Waals surface area contributed by atoms with Gasteiger partial charge in [-0.05, 0) is 24.6 Å². The molecule has 0 atom stereocenters. The van der Waals surface area contributed by atoms with E-state index in [4.69, 9.17) is 10.2 Å². The molecule has 0 aliphatic rings. The molecule has 1 heterocycles. The van der Waals surface area contributed by atoms with Gasteiger partial charge in [0.15, 0.2) is 0 Å². The summed E-state index contributed by atoms with van der Waals surface area (Å²) < 4.78 is 5.02. The number of rotatable bonds is 4. The van der Waals surface area contributed by atoms with Crippen LogP contribution in [0.1, 0.15) is 5.56 Å². The molecule has 0 saturated carbocycles. The lowest BCUT2D eigenvalue weighted by atomic mass is 10.2. The highest BCUT2D eigenvalue weighted by Gasteiger charge is 2.07. The molecule has 94 valence electrons. The van der Waals surface area contributed by atoms with Crippen molar-refractivity contribution < 1.29 is 9.21 Å². The summed E-state index contributed by atoms with van der Waals surface area (Å²) in [6, 6.07) is 5.50. The molecule has 0 unspecified atom stereocenters. The summed E-state index contributed by atoms with van der Waals surface area (Å²) in [7, 11) is 0. The quantitative estimate of drug-likeness (QED) is 0.653. The average Bonchev–Trinajstić information content (AvgIpc) is 2.83. The zero-order valence-corrected chi connectivity index (χ0v) is 10.7. The third-order valence-electron chi connectivity index (χ3n) is 2.22. The van der Waals surface area contributed by atoms with Crippen LogP contribution in [0.5, 0.6) is 0 Å². The Kier molecular flexibility index (Phi) is 3.88. The Morgan fingerprint density at radius 2 is 2.39 bits per heavy atom. The second-order valence-corrected chi connectivity index (χ2v) is 4.65. The number of hydrogen-bond donors (Lipinski definition) is 2. The van der Waals surface area contributed by atoms with E-state index < -0.39 is 0 Å². The average molecular weight is 263 g/mol. The molecule has 0 aliphatic carbocycles. The number of amides is 1. The Labute approximate surface area is 109 Å². The maximum Gasteiger partial charge on any atom is 0.256 e. The number of thioether (sulfide) groups is 1. The molecule has 5 nitrogen and oxygen atoms in total. The molecule has 1 amide bonds. The van der Waals surface area contributed by atoms with Gasteiger partial charge in [0, 0.05) is 0 Å². The van der Waals surface area contributed by atoms with Gasteiger partial charge in [0.05, 0.1) is 23.3 Å². The topological polar surface area (TPSA) is 81.2 Å². The van der Waals surface area contributed by atoms with Crippen molar-refractivity contribution in [1.82, 2.24) is 4.98 Å². The summed E-state index contributed by atoms with van der Waals surface area (Å²) in [4.78, 5) is 15.6. The number of aryl methyl sites for hydroxylation is 1. The summed E-state index contributed by atoms with van der Waals surface area (Å²) in [5.41, 5.74) is 8.05. The molecule has 0 fully saturated rings. The van der Waals surface area contributed by atoms with E-state index in [1.165, 1.54) is 24.2 Å². The monoisotopic (exact) mass is 263 g/mol. The van der Waals surface area contributed by atoms with Gasteiger partial charge in [0.25, 0.3) is 5.22 Å². The maximum atomic E-state index is 11.7. The molecule has 6 heteroatoms. The van der Waals surface area contributed by atoms with E-state index in [9.17, 15) is 4.79 Å². The number of nitrogen functional groups attached to an aromatic ring is 1. The second-order valence-electron chi connectivity index (χ2n) is 3.73. The summed E-state index contributed by atoms with van der Waals surface area (Å²) in [6.07, 6.45) is 3.01. The molecule has 0 saturated heterocycles. The van der Waals surface area contributed by atoms with Gasteiger partial charge in [-0.15, -0.1) is 0 Å². The Bertz CT molecular complexity index is 540. The van der Waals surface area contributed by atoms with E-state index in [0.29, 0.717) is 16.6 Å². The van der Waals surface area contributed by atoms with Crippen LogP contribution in [-0.4, -0.2) is 16.6 Å². The van der Waals surface area contributed by atoms with Crippen LogP contribution in [-0.2, 0) is 4.79 Å². The molecule has 2 aromatic rings. The van der Waals surface area contributed by atoms with Gasteiger partial charge in [-0.25, -0.2) is 4.98 Å². The van der Waals surface area contributed by atoms with E-state index in [2.05, 4.69) is 10.3 Å². The van der Waals surface area contributed by atoms with Crippen LogP contribution in [0, 0.1) is 6.92 Å². The standard InChI is InChI=1S/C12H13N3O2S/c1-8-2-3-10(9(13)6-8)15-11(16)7-18-12-14-4-5-17-12/h2-6H,7,13H2,1H3,(H,15,16). The number of aromatic nitrogens is 1. The Balaban J connectivity index is 1.91. The fraction of sp³-hybridized carbons (Fsp3) is 0.167. The van der Waals surface area contributed by atoms with Gasteiger partial charge in [0.1, 0.15) is 6.26 Å². The van der Waals surface area contributed by atoms with Crippen LogP contribution in [0.4, 0.5) is 11.4 Å². The van der Waals surface area contributed by atoms with Crippen LogP contribution >= 0.6 is 11.8 Å². The van der Waals surface area contributed by atoms with E-state index in [-0.39, 0.29) is 11.7 Å². The third kappa shape index (κ3) is 3.27. The van der Waals surface area contributed by atoms with Gasteiger partial charge in [0.2, 0.25) is 5.91 Å². The summed E-state index contributed by atoms with van der Waals surface area (Å²) in [5.74, 6) is 0.0853. The SMILES string of the molecule is Cc1ccc(NC(=O)CSc2ncco2)c(N)c1. The smallest absolute Gasteiger partial charge is 0.256 e. The molecule has 1 aromatic carbocycles. The first-order valence-corrected chi connectivity index (χ1v) is 6.32. The highest BCUT2D eigenvalue weighted by molar-refractivity contribution is 7.99. The Hall–Kier alpha value is -1.95. The zero-order chi connectivity index (χ0) is 13.0. The number of carbonyl (C=O) groups is 1. The molecule has 1 aromatic heterocycles. The molecular weight excluding hydrogens is 250 g/mol. The highest BCUT2D eigenvalue weighted by atomic mass is 32.2. The van der Waals surface area contributed by atoms with Crippen molar-refractivity contribution in [2.24, 2.45) is 0 Å². The first kappa shape index (κ1) is 12.5. The lowest BCUT2D eigenvalue weighted by Gasteiger charge is -2.08. The highest BCUT2D eigenvalue weighted by Crippen LogP contribution is 2.20. The van der Waals surface area contributed by atoms with Crippen molar-refractivity contribution >= 4 is 29.0 Å². The van der Waals surface area contributed by atoms with Gasteiger partial charge in [-0.2, -0.15) is 0 Å². The number of carbonyl (C=O) groups excluding carboxylic acids is 1. The molecule has 0 bridgehead atoms. The summed E-state index contributed by atoms with van der Waals surface area (Å²) >= 11 is 1.23. The van der Waals surface area contributed by atoms with Crippen molar-refractivity contribution in [3.05, 3.63) is 36.2 Å². The minimum absolute atomic E-state index is 0.145. The summed E-state index contributed by atoms with van der Waals surface area (Å²) in [5, 5.41) is 3.22. The minimum Gasteiger partial charge on any atom is -0.440 e. The maximum absolute atomic E-state index is 11.7. The second kappa shape index (κ2) is 5.59. The van der Waals surface area contributed by atoms with Crippen molar-refractivity contribution in [2.45, 2.75) is 12.1 Å². The largest absolute Gasteiger partial charge is 0.440 e. The van der Waals surface area contributed by atoms with Crippen molar-refractivity contribution in [3.8, 4) is 0 Å². The first-order valence-electron chi connectivity index (χ1n) is 5.33. The van der Waals surface area contributed by atoms with Gasteiger partial charge < -0.3 is 15.5 Å². The van der Waals surface area contributed by atoms with E-state index in [0.717, 1.165) is 5.56 Å². The number of nitrogens with two attached hydrogens (primary N) is 1. The molecular formula is C12H13N3O2S. The van der Waals surface area contributed by atoms with E-state index in [1.54, 1.807) is 6.07 Å². The van der Waals surface area contributed by atoms with E-state index >= 15 is 0 Å². The van der Waals surface area contributed by atoms with Crippen molar-refractivity contribution in [1.29, 1.82) is 0 Å².